The molecule has 0 bridgehead atoms. The summed E-state index contributed by atoms with van der Waals surface area (Å²) in [5.41, 5.74) is 2.31. The largest absolute Gasteiger partial charge is 0.458 e. The number of esters is 1. The summed E-state index contributed by atoms with van der Waals surface area (Å²) in [6.07, 6.45) is 2.38. The maximum absolute atomic E-state index is 12.0. The van der Waals surface area contributed by atoms with Crippen LogP contribution in [0.4, 0.5) is 0 Å². The van der Waals surface area contributed by atoms with Gasteiger partial charge in [0, 0.05) is 16.3 Å². The average Bonchev–Trinajstić information content (AvgIpc) is 2.84. The van der Waals surface area contributed by atoms with Gasteiger partial charge in [-0.1, -0.05) is 25.1 Å². The van der Waals surface area contributed by atoms with Gasteiger partial charge in [0.15, 0.2) is 0 Å². The summed E-state index contributed by atoms with van der Waals surface area (Å²) in [4.78, 5) is 19.5. The number of nitrogens with one attached hydrogen (secondary N) is 1. The molecule has 0 aliphatic heterocycles. The van der Waals surface area contributed by atoms with Gasteiger partial charge in [0.05, 0.1) is 17.8 Å². The summed E-state index contributed by atoms with van der Waals surface area (Å²) in [6.45, 7) is 3.86. The van der Waals surface area contributed by atoms with Crippen molar-refractivity contribution in [3.05, 3.63) is 42.2 Å². The molecular formula is C16H16N2O2. The van der Waals surface area contributed by atoms with Crippen molar-refractivity contribution >= 4 is 27.8 Å². The monoisotopic (exact) mass is 268 g/mol. The third-order valence-corrected chi connectivity index (χ3v) is 3.48. The number of hydrogen-bond acceptors (Lipinski definition) is 3. The second kappa shape index (κ2) is 4.96. The highest BCUT2D eigenvalue weighted by atomic mass is 16.5. The molecule has 0 saturated carbocycles. The first-order chi connectivity index (χ1) is 9.69. The van der Waals surface area contributed by atoms with Crippen molar-refractivity contribution in [3.63, 3.8) is 0 Å². The lowest BCUT2D eigenvalue weighted by atomic mass is 10.1. The first-order valence-electron chi connectivity index (χ1n) is 6.76. The van der Waals surface area contributed by atoms with Crippen molar-refractivity contribution in [2.24, 2.45) is 0 Å². The van der Waals surface area contributed by atoms with E-state index in [0.717, 1.165) is 28.2 Å². The lowest BCUT2D eigenvalue weighted by Crippen LogP contribution is -2.15. The minimum absolute atomic E-state index is 0.0945. The molecule has 20 heavy (non-hydrogen) atoms. The van der Waals surface area contributed by atoms with E-state index in [2.05, 4.69) is 9.97 Å². The number of carbonyl (C=O) groups excluding carboxylic acids is 1. The van der Waals surface area contributed by atoms with Crippen LogP contribution < -0.4 is 0 Å². The van der Waals surface area contributed by atoms with Gasteiger partial charge in [0.25, 0.3) is 0 Å². The Hall–Kier alpha value is -2.36. The minimum Gasteiger partial charge on any atom is -0.458 e. The molecular weight excluding hydrogens is 252 g/mol. The van der Waals surface area contributed by atoms with Crippen LogP contribution in [-0.4, -0.2) is 22.0 Å². The standard InChI is InChI=1S/C16H16N2O2/c1-3-10(2)20-16(19)14-8-12-11-6-4-5-7-13(11)18-15(12)9-17-14/h4-10,18H,3H2,1-2H3/t10-/m0/s1. The van der Waals surface area contributed by atoms with Gasteiger partial charge in [-0.25, -0.2) is 9.78 Å². The zero-order valence-electron chi connectivity index (χ0n) is 11.5. The van der Waals surface area contributed by atoms with Gasteiger partial charge < -0.3 is 9.72 Å². The number of H-pyrrole nitrogens is 1. The lowest BCUT2D eigenvalue weighted by molar-refractivity contribution is 0.0328. The highest BCUT2D eigenvalue weighted by molar-refractivity contribution is 6.08. The molecule has 0 aliphatic carbocycles. The molecule has 4 nitrogen and oxygen atoms in total. The molecule has 3 aromatic rings. The van der Waals surface area contributed by atoms with Crippen molar-refractivity contribution in [1.82, 2.24) is 9.97 Å². The summed E-state index contributed by atoms with van der Waals surface area (Å²) >= 11 is 0. The number of para-hydroxylation sites is 1. The fraction of sp³-hybridized carbons (Fsp3) is 0.250. The molecule has 0 spiro atoms. The molecule has 4 heteroatoms. The minimum atomic E-state index is -0.369. The van der Waals surface area contributed by atoms with Gasteiger partial charge in [-0.3, -0.25) is 0 Å². The van der Waals surface area contributed by atoms with Crippen molar-refractivity contribution in [2.45, 2.75) is 26.4 Å². The number of nitrogens with zero attached hydrogens (tertiary/aromatic N) is 1. The van der Waals surface area contributed by atoms with Gasteiger partial charge in [0.1, 0.15) is 5.69 Å². The Morgan fingerprint density at radius 1 is 1.30 bits per heavy atom. The van der Waals surface area contributed by atoms with Gasteiger partial charge in [-0.15, -0.1) is 0 Å². The Kier molecular flexibility index (Phi) is 3.14. The van der Waals surface area contributed by atoms with Crippen molar-refractivity contribution < 1.29 is 9.53 Å². The van der Waals surface area contributed by atoms with E-state index in [0.29, 0.717) is 5.69 Å². The van der Waals surface area contributed by atoms with Gasteiger partial charge in [-0.05, 0) is 25.5 Å². The van der Waals surface area contributed by atoms with E-state index in [-0.39, 0.29) is 12.1 Å². The maximum Gasteiger partial charge on any atom is 0.357 e. The van der Waals surface area contributed by atoms with Crippen LogP contribution in [-0.2, 0) is 4.74 Å². The van der Waals surface area contributed by atoms with Crippen LogP contribution in [0.5, 0.6) is 0 Å². The van der Waals surface area contributed by atoms with Crippen LogP contribution in [0.2, 0.25) is 0 Å². The predicted molar refractivity (Wildman–Crippen MR) is 78.8 cm³/mol. The van der Waals surface area contributed by atoms with Gasteiger partial charge >= 0.3 is 5.97 Å². The van der Waals surface area contributed by atoms with Crippen LogP contribution in [0.3, 0.4) is 0 Å². The fourth-order valence-electron chi connectivity index (χ4n) is 2.19. The van der Waals surface area contributed by atoms with E-state index in [1.807, 2.05) is 38.1 Å². The molecule has 1 N–H and O–H groups in total. The second-order valence-corrected chi connectivity index (χ2v) is 4.91. The fourth-order valence-corrected chi connectivity index (χ4v) is 2.19. The molecule has 102 valence electrons. The van der Waals surface area contributed by atoms with E-state index in [4.69, 9.17) is 4.74 Å². The van der Waals surface area contributed by atoms with Gasteiger partial charge in [0.2, 0.25) is 0 Å². The third-order valence-electron chi connectivity index (χ3n) is 3.48. The molecule has 0 saturated heterocycles. The van der Waals surface area contributed by atoms with E-state index >= 15 is 0 Å². The number of benzene rings is 1. The molecule has 1 atom stereocenters. The molecule has 0 radical (unpaired) electrons. The quantitative estimate of drug-likeness (QED) is 0.737. The summed E-state index contributed by atoms with van der Waals surface area (Å²) in [5, 5.41) is 2.08. The molecule has 0 fully saturated rings. The summed E-state index contributed by atoms with van der Waals surface area (Å²) in [7, 11) is 0. The number of ether oxygens (including phenoxy) is 1. The van der Waals surface area contributed by atoms with Crippen LogP contribution in [0.25, 0.3) is 21.8 Å². The first kappa shape index (κ1) is 12.7. The van der Waals surface area contributed by atoms with Crippen LogP contribution in [0.1, 0.15) is 30.8 Å². The Morgan fingerprint density at radius 2 is 2.10 bits per heavy atom. The molecule has 0 aliphatic rings. The number of pyridine rings is 1. The number of fused-ring (bicyclic) bond motifs is 3. The molecule has 1 aromatic carbocycles. The van der Waals surface area contributed by atoms with Crippen molar-refractivity contribution in [2.75, 3.05) is 0 Å². The average molecular weight is 268 g/mol. The van der Waals surface area contributed by atoms with E-state index in [1.165, 1.54) is 0 Å². The van der Waals surface area contributed by atoms with Crippen LogP contribution in [0, 0.1) is 0 Å². The SMILES string of the molecule is CC[C@H](C)OC(=O)c1cc2c(cn1)[nH]c1ccccc12. The summed E-state index contributed by atoms with van der Waals surface area (Å²) in [5.74, 6) is -0.369. The van der Waals surface area contributed by atoms with Crippen LogP contribution in [0.15, 0.2) is 36.5 Å². The van der Waals surface area contributed by atoms with Gasteiger partial charge in [-0.2, -0.15) is 0 Å². The Bertz CT molecular complexity index is 776. The second-order valence-electron chi connectivity index (χ2n) is 4.91. The number of rotatable bonds is 3. The summed E-state index contributed by atoms with van der Waals surface area (Å²) < 4.78 is 5.31. The normalized spacial score (nSPS) is 12.7. The molecule has 0 unspecified atom stereocenters. The zero-order chi connectivity index (χ0) is 14.1. The Balaban J connectivity index is 2.05. The Labute approximate surface area is 116 Å². The lowest BCUT2D eigenvalue weighted by Gasteiger charge is -2.09. The topological polar surface area (TPSA) is 55.0 Å². The predicted octanol–water partition coefficient (Wildman–Crippen LogP) is 3.67. The van der Waals surface area contributed by atoms with E-state index in [1.54, 1.807) is 12.3 Å². The van der Waals surface area contributed by atoms with E-state index in [9.17, 15) is 4.79 Å². The Morgan fingerprint density at radius 3 is 2.90 bits per heavy atom. The highest BCUT2D eigenvalue weighted by Crippen LogP contribution is 2.25. The highest BCUT2D eigenvalue weighted by Gasteiger charge is 2.14. The number of hydrogen-bond donors (Lipinski definition) is 1. The van der Waals surface area contributed by atoms with Crippen LogP contribution >= 0.6 is 0 Å². The number of aromatic amines is 1. The summed E-state index contributed by atoms with van der Waals surface area (Å²) in [6, 6.07) is 9.78. The zero-order valence-corrected chi connectivity index (χ0v) is 11.5. The molecule has 0 amide bonds. The van der Waals surface area contributed by atoms with Crippen molar-refractivity contribution in [3.8, 4) is 0 Å². The first-order valence-corrected chi connectivity index (χ1v) is 6.76. The number of aromatic nitrogens is 2. The maximum atomic E-state index is 12.0. The number of carbonyl (C=O) groups is 1. The molecule has 3 rings (SSSR count). The molecule has 2 aromatic heterocycles. The molecule has 2 heterocycles. The third kappa shape index (κ3) is 2.13. The van der Waals surface area contributed by atoms with Crippen molar-refractivity contribution in [1.29, 1.82) is 0 Å². The smallest absolute Gasteiger partial charge is 0.357 e. The van der Waals surface area contributed by atoms with E-state index < -0.39 is 0 Å².